The van der Waals surface area contributed by atoms with Crippen LogP contribution >= 0.6 is 11.8 Å². The van der Waals surface area contributed by atoms with Gasteiger partial charge in [0.15, 0.2) is 0 Å². The molecule has 0 saturated carbocycles. The lowest BCUT2D eigenvalue weighted by molar-refractivity contribution is -0.115. The molecular formula is C18H20F2N2O3S2. The van der Waals surface area contributed by atoms with Gasteiger partial charge in [-0.05, 0) is 63.2 Å². The van der Waals surface area contributed by atoms with Crippen LogP contribution in [0.2, 0.25) is 0 Å². The van der Waals surface area contributed by atoms with Crippen LogP contribution in [-0.4, -0.2) is 25.6 Å². The molecule has 27 heavy (non-hydrogen) atoms. The highest BCUT2D eigenvalue weighted by Crippen LogP contribution is 2.27. The summed E-state index contributed by atoms with van der Waals surface area (Å²) in [4.78, 5) is 12.4. The van der Waals surface area contributed by atoms with Gasteiger partial charge in [-0.3, -0.25) is 4.79 Å². The van der Waals surface area contributed by atoms with E-state index < -0.39 is 32.8 Å². The fourth-order valence-corrected chi connectivity index (χ4v) is 4.31. The Morgan fingerprint density at radius 2 is 1.67 bits per heavy atom. The van der Waals surface area contributed by atoms with Gasteiger partial charge in [-0.1, -0.05) is 0 Å². The van der Waals surface area contributed by atoms with Crippen molar-refractivity contribution >= 4 is 33.4 Å². The molecule has 0 spiro atoms. The van der Waals surface area contributed by atoms with Crippen LogP contribution < -0.4 is 10.0 Å². The maximum Gasteiger partial charge on any atom is 0.240 e. The Morgan fingerprint density at radius 3 is 2.26 bits per heavy atom. The van der Waals surface area contributed by atoms with Gasteiger partial charge in [0, 0.05) is 16.6 Å². The van der Waals surface area contributed by atoms with Crippen LogP contribution in [0, 0.1) is 11.6 Å². The summed E-state index contributed by atoms with van der Waals surface area (Å²) in [6, 6.07) is 8.50. The van der Waals surface area contributed by atoms with Gasteiger partial charge >= 0.3 is 0 Å². The lowest BCUT2D eigenvalue weighted by atomic mass is 10.3. The highest BCUT2D eigenvalue weighted by Gasteiger charge is 2.18. The summed E-state index contributed by atoms with van der Waals surface area (Å²) in [5, 5.41) is 1.94. The lowest BCUT2D eigenvalue weighted by Gasteiger charge is -2.13. The summed E-state index contributed by atoms with van der Waals surface area (Å²) in [5.41, 5.74) is 0.399. The zero-order chi connectivity index (χ0) is 20.2. The molecule has 0 bridgehead atoms. The molecule has 1 amide bonds. The van der Waals surface area contributed by atoms with Crippen LogP contribution in [0.15, 0.2) is 52.3 Å². The molecule has 2 rings (SSSR count). The van der Waals surface area contributed by atoms with E-state index in [1.165, 1.54) is 24.3 Å². The molecule has 9 heteroatoms. The van der Waals surface area contributed by atoms with Crippen molar-refractivity contribution < 1.29 is 22.0 Å². The number of thioether (sulfide) groups is 1. The fourth-order valence-electron chi connectivity index (χ4n) is 2.15. The first-order valence-electron chi connectivity index (χ1n) is 8.13. The molecule has 2 N–H and O–H groups in total. The van der Waals surface area contributed by atoms with Crippen LogP contribution in [0.5, 0.6) is 0 Å². The number of carbonyl (C=O) groups is 1. The summed E-state index contributed by atoms with van der Waals surface area (Å²) < 4.78 is 53.5. The Balaban J connectivity index is 2.04. The van der Waals surface area contributed by atoms with Crippen molar-refractivity contribution in [2.24, 2.45) is 0 Å². The zero-order valence-electron chi connectivity index (χ0n) is 15.0. The van der Waals surface area contributed by atoms with Crippen molar-refractivity contribution in [3.63, 3.8) is 0 Å². The molecule has 5 nitrogen and oxygen atoms in total. The number of benzene rings is 2. The van der Waals surface area contributed by atoms with E-state index in [4.69, 9.17) is 0 Å². The van der Waals surface area contributed by atoms with E-state index in [0.29, 0.717) is 5.69 Å². The van der Waals surface area contributed by atoms with Crippen LogP contribution in [0.3, 0.4) is 0 Å². The van der Waals surface area contributed by atoms with Gasteiger partial charge in [0.25, 0.3) is 0 Å². The highest BCUT2D eigenvalue weighted by molar-refractivity contribution is 8.00. The van der Waals surface area contributed by atoms with Crippen molar-refractivity contribution in [2.75, 3.05) is 5.32 Å². The van der Waals surface area contributed by atoms with E-state index in [9.17, 15) is 22.0 Å². The zero-order valence-corrected chi connectivity index (χ0v) is 16.6. The lowest BCUT2D eigenvalue weighted by Crippen LogP contribution is -2.30. The monoisotopic (exact) mass is 414 g/mol. The molecule has 2 aromatic rings. The molecule has 1 atom stereocenters. The van der Waals surface area contributed by atoms with E-state index in [1.807, 2.05) is 0 Å². The van der Waals surface area contributed by atoms with Crippen LogP contribution in [0.25, 0.3) is 0 Å². The normalized spacial score (nSPS) is 12.8. The third-order valence-electron chi connectivity index (χ3n) is 3.39. The largest absolute Gasteiger partial charge is 0.325 e. The Labute approximate surface area is 161 Å². The summed E-state index contributed by atoms with van der Waals surface area (Å²) in [7, 11) is -3.61. The van der Waals surface area contributed by atoms with Crippen LogP contribution in [0.1, 0.15) is 20.8 Å². The Hall–Kier alpha value is -1.97. The molecule has 0 radical (unpaired) electrons. The molecule has 0 aliphatic carbocycles. The van der Waals surface area contributed by atoms with Gasteiger partial charge in [-0.25, -0.2) is 21.9 Å². The number of rotatable bonds is 7. The average molecular weight is 414 g/mol. The Morgan fingerprint density at radius 1 is 1.04 bits per heavy atom. The maximum absolute atomic E-state index is 13.7. The van der Waals surface area contributed by atoms with Crippen LogP contribution in [0.4, 0.5) is 14.5 Å². The molecule has 146 valence electrons. The first kappa shape index (κ1) is 21.3. The van der Waals surface area contributed by atoms with E-state index in [1.54, 1.807) is 20.8 Å². The van der Waals surface area contributed by atoms with Gasteiger partial charge < -0.3 is 5.32 Å². The fraction of sp³-hybridized carbons (Fsp3) is 0.278. The summed E-state index contributed by atoms with van der Waals surface area (Å²) in [5.74, 6) is -1.61. The molecule has 0 unspecified atom stereocenters. The number of anilines is 1. The Kier molecular flexibility index (Phi) is 6.96. The molecule has 0 fully saturated rings. The average Bonchev–Trinajstić information content (AvgIpc) is 2.57. The minimum Gasteiger partial charge on any atom is -0.325 e. The van der Waals surface area contributed by atoms with Crippen molar-refractivity contribution in [3.8, 4) is 0 Å². The minimum absolute atomic E-state index is 0.0406. The number of halogens is 2. The number of hydrogen-bond acceptors (Lipinski definition) is 4. The molecule has 2 aromatic carbocycles. The van der Waals surface area contributed by atoms with Crippen molar-refractivity contribution in [1.82, 2.24) is 4.72 Å². The number of hydrogen-bond donors (Lipinski definition) is 2. The number of sulfonamides is 1. The summed E-state index contributed by atoms with van der Waals surface area (Å²) in [6.07, 6.45) is 0. The first-order valence-corrected chi connectivity index (χ1v) is 10.5. The summed E-state index contributed by atoms with van der Waals surface area (Å²) in [6.45, 7) is 5.00. The topological polar surface area (TPSA) is 75.3 Å². The molecule has 0 aromatic heterocycles. The predicted octanol–water partition coefficient (Wildman–Crippen LogP) is 3.77. The standard InChI is InChI=1S/C18H20F2N2O3S2/c1-11(2)22-27(24,25)15-7-5-14(6-8-15)21-18(23)12(3)26-17-10-13(19)4-9-16(17)20/h4-12,22H,1-3H3,(H,21,23)/t12-/m0/s1. The Bertz CT molecular complexity index is 917. The van der Waals surface area contributed by atoms with Crippen molar-refractivity contribution in [1.29, 1.82) is 0 Å². The molecule has 0 aliphatic heterocycles. The van der Waals surface area contributed by atoms with Gasteiger partial charge in [-0.2, -0.15) is 0 Å². The van der Waals surface area contributed by atoms with Crippen molar-refractivity contribution in [3.05, 3.63) is 54.1 Å². The minimum atomic E-state index is -3.61. The van der Waals surface area contributed by atoms with Gasteiger partial charge in [-0.15, -0.1) is 11.8 Å². The van der Waals surface area contributed by atoms with Crippen LogP contribution in [-0.2, 0) is 14.8 Å². The molecule has 0 saturated heterocycles. The van der Waals surface area contributed by atoms with E-state index in [0.717, 1.165) is 30.0 Å². The highest BCUT2D eigenvalue weighted by atomic mass is 32.2. The van der Waals surface area contributed by atoms with Crippen molar-refractivity contribution in [2.45, 2.75) is 41.9 Å². The third kappa shape index (κ3) is 6.02. The predicted molar refractivity (Wildman–Crippen MR) is 102 cm³/mol. The molecule has 0 aliphatic rings. The second-order valence-corrected chi connectivity index (χ2v) is 9.22. The quantitative estimate of drug-likeness (QED) is 0.677. The smallest absolute Gasteiger partial charge is 0.240 e. The maximum atomic E-state index is 13.7. The number of carbonyl (C=O) groups excluding carboxylic acids is 1. The van der Waals surface area contributed by atoms with Gasteiger partial charge in [0.2, 0.25) is 15.9 Å². The second kappa shape index (κ2) is 8.81. The van der Waals surface area contributed by atoms with E-state index in [2.05, 4.69) is 10.0 Å². The summed E-state index contributed by atoms with van der Waals surface area (Å²) >= 11 is 0.893. The number of amides is 1. The first-order chi connectivity index (χ1) is 12.6. The second-order valence-electron chi connectivity index (χ2n) is 6.12. The van der Waals surface area contributed by atoms with Gasteiger partial charge in [0.1, 0.15) is 11.6 Å². The molecule has 0 heterocycles. The van der Waals surface area contributed by atoms with E-state index >= 15 is 0 Å². The number of nitrogens with one attached hydrogen (secondary N) is 2. The molecular weight excluding hydrogens is 394 g/mol. The third-order valence-corrected chi connectivity index (χ3v) is 6.20. The SMILES string of the molecule is CC(C)NS(=O)(=O)c1ccc(NC(=O)[C@H](C)Sc2cc(F)ccc2F)cc1. The van der Waals surface area contributed by atoms with Gasteiger partial charge in [0.05, 0.1) is 10.1 Å². The van der Waals surface area contributed by atoms with E-state index in [-0.39, 0.29) is 15.8 Å².